The van der Waals surface area contributed by atoms with Gasteiger partial charge < -0.3 is 9.30 Å². The molecular weight excluding hydrogens is 382 g/mol. The van der Waals surface area contributed by atoms with E-state index in [1.54, 1.807) is 6.21 Å². The highest BCUT2D eigenvalue weighted by atomic mass is 32.1. The number of fused-ring (bicyclic) bond motifs is 3. The van der Waals surface area contributed by atoms with Crippen LogP contribution in [-0.2, 0) is 0 Å². The maximum atomic E-state index is 5.81. The van der Waals surface area contributed by atoms with E-state index in [0.29, 0.717) is 23.2 Å². The molecule has 7 heteroatoms. The first kappa shape index (κ1) is 17.4. The van der Waals surface area contributed by atoms with Crippen molar-refractivity contribution in [2.24, 2.45) is 9.98 Å². The molecule has 0 saturated carbocycles. The lowest BCUT2D eigenvalue weighted by Crippen LogP contribution is -2.25. The SMILES string of the molecule is S=C1/N=C\COc2ccc3ncnc(c3c2)/N=c2/cccc/c2=C/n2cccc21. The van der Waals surface area contributed by atoms with Crippen LogP contribution in [0.2, 0.25) is 0 Å². The van der Waals surface area contributed by atoms with Crippen LogP contribution in [0.15, 0.2) is 77.1 Å². The summed E-state index contributed by atoms with van der Waals surface area (Å²) in [7, 11) is 0. The van der Waals surface area contributed by atoms with Crippen LogP contribution in [0.5, 0.6) is 5.75 Å². The number of ether oxygens (including phenoxy) is 1. The van der Waals surface area contributed by atoms with Crippen molar-refractivity contribution in [3.63, 3.8) is 0 Å². The van der Waals surface area contributed by atoms with E-state index in [1.807, 2.05) is 71.6 Å². The van der Waals surface area contributed by atoms with Gasteiger partial charge in [0.1, 0.15) is 23.7 Å². The predicted molar refractivity (Wildman–Crippen MR) is 116 cm³/mol. The Morgan fingerprint density at radius 2 is 1.93 bits per heavy atom. The molecule has 0 atom stereocenters. The predicted octanol–water partition coefficient (Wildman–Crippen LogP) is 2.81. The molecule has 1 aliphatic heterocycles. The summed E-state index contributed by atoms with van der Waals surface area (Å²) in [6, 6.07) is 17.4. The zero-order valence-electron chi connectivity index (χ0n) is 15.3. The van der Waals surface area contributed by atoms with Crippen LogP contribution in [-0.4, -0.2) is 32.3 Å². The fourth-order valence-electron chi connectivity index (χ4n) is 3.17. The molecule has 0 aliphatic carbocycles. The summed E-state index contributed by atoms with van der Waals surface area (Å²) in [4.78, 5) is 18.4. The Balaban J connectivity index is 1.83. The molecule has 1 aliphatic rings. The molecule has 0 N–H and O–H groups in total. The van der Waals surface area contributed by atoms with Crippen LogP contribution in [0.3, 0.4) is 0 Å². The minimum Gasteiger partial charge on any atom is -0.488 e. The molecule has 29 heavy (non-hydrogen) atoms. The Morgan fingerprint density at radius 1 is 1.00 bits per heavy atom. The molecule has 2 aromatic heterocycles. The highest BCUT2D eigenvalue weighted by molar-refractivity contribution is 7.80. The normalized spacial score (nSPS) is 16.9. The van der Waals surface area contributed by atoms with E-state index in [1.165, 1.54) is 6.33 Å². The summed E-state index contributed by atoms with van der Waals surface area (Å²) in [6.45, 7) is 0.302. The molecule has 0 spiro atoms. The first-order valence-electron chi connectivity index (χ1n) is 9.05. The first-order valence-corrected chi connectivity index (χ1v) is 9.46. The quantitative estimate of drug-likeness (QED) is 0.428. The van der Waals surface area contributed by atoms with E-state index in [2.05, 4.69) is 15.0 Å². The largest absolute Gasteiger partial charge is 0.488 e. The second kappa shape index (κ2) is 7.37. The lowest BCUT2D eigenvalue weighted by molar-refractivity contribution is 0.381. The average molecular weight is 397 g/mol. The Kier molecular flexibility index (Phi) is 4.42. The van der Waals surface area contributed by atoms with Gasteiger partial charge in [-0.05, 0) is 36.4 Å². The minimum atomic E-state index is 0.302. The van der Waals surface area contributed by atoms with Gasteiger partial charge in [0.15, 0.2) is 5.82 Å². The van der Waals surface area contributed by atoms with Gasteiger partial charge in [-0.3, -0.25) is 0 Å². The molecule has 4 aromatic rings. The molecular formula is C22H15N5OS. The van der Waals surface area contributed by atoms with Gasteiger partial charge in [0.25, 0.3) is 0 Å². The van der Waals surface area contributed by atoms with E-state index in [4.69, 9.17) is 21.9 Å². The lowest BCUT2D eigenvalue weighted by atomic mass is 10.2. The zero-order chi connectivity index (χ0) is 19.6. The van der Waals surface area contributed by atoms with Crippen LogP contribution in [0.25, 0.3) is 17.1 Å². The maximum absolute atomic E-state index is 5.81. The molecule has 2 aromatic carbocycles. The van der Waals surface area contributed by atoms with Gasteiger partial charge in [0.2, 0.25) is 0 Å². The molecule has 0 radical (unpaired) electrons. The molecule has 140 valence electrons. The van der Waals surface area contributed by atoms with E-state index in [0.717, 1.165) is 27.2 Å². The van der Waals surface area contributed by atoms with E-state index >= 15 is 0 Å². The highest BCUT2D eigenvalue weighted by Crippen LogP contribution is 2.25. The third-order valence-electron chi connectivity index (χ3n) is 4.56. The average Bonchev–Trinajstić information content (AvgIpc) is 3.20. The van der Waals surface area contributed by atoms with Crippen LogP contribution < -0.4 is 15.3 Å². The van der Waals surface area contributed by atoms with Crippen molar-refractivity contribution in [2.45, 2.75) is 0 Å². The Labute approximate surface area is 171 Å². The van der Waals surface area contributed by atoms with Crippen molar-refractivity contribution in [1.29, 1.82) is 0 Å². The summed E-state index contributed by atoms with van der Waals surface area (Å²) in [5, 5.41) is 2.55. The maximum Gasteiger partial charge on any atom is 0.163 e. The van der Waals surface area contributed by atoms with Crippen molar-refractivity contribution in [3.05, 3.63) is 83.4 Å². The van der Waals surface area contributed by atoms with Crippen molar-refractivity contribution in [2.75, 3.05) is 6.61 Å². The number of rotatable bonds is 0. The van der Waals surface area contributed by atoms with Crippen LogP contribution in [0.4, 0.5) is 5.82 Å². The van der Waals surface area contributed by atoms with Crippen LogP contribution in [0, 0.1) is 0 Å². The third kappa shape index (κ3) is 3.43. The smallest absolute Gasteiger partial charge is 0.163 e. The fraction of sp³-hybridized carbons (Fsp3) is 0.0455. The lowest BCUT2D eigenvalue weighted by Gasteiger charge is -2.05. The Bertz CT molecular complexity index is 1390. The number of hydrogen-bond acceptors (Lipinski definition) is 5. The van der Waals surface area contributed by atoms with E-state index < -0.39 is 0 Å². The summed E-state index contributed by atoms with van der Waals surface area (Å²) >= 11 is 5.49. The van der Waals surface area contributed by atoms with Crippen molar-refractivity contribution in [3.8, 4) is 5.75 Å². The number of nitrogens with zero attached hydrogens (tertiary/aromatic N) is 5. The van der Waals surface area contributed by atoms with Gasteiger partial charge in [0, 0.05) is 29.2 Å². The summed E-state index contributed by atoms with van der Waals surface area (Å²) in [6.07, 6.45) is 7.12. The first-order chi connectivity index (χ1) is 14.3. The molecule has 6 nitrogen and oxygen atoms in total. The second-order valence-electron chi connectivity index (χ2n) is 6.40. The standard InChI is InChI=1S/C22H15N5OS/c29-22-20-6-3-10-27(20)13-15-4-1-2-5-18(15)26-21-17-12-16(28-11-9-23-22)7-8-19(17)24-14-25-21/h1-10,12-14H,11H2/b15-13-,23-9-,26-18-. The summed E-state index contributed by atoms with van der Waals surface area (Å²) < 4.78 is 7.76. The molecule has 0 fully saturated rings. The fourth-order valence-corrected chi connectivity index (χ4v) is 3.42. The van der Waals surface area contributed by atoms with Gasteiger partial charge in [-0.15, -0.1) is 0 Å². The molecule has 0 amide bonds. The van der Waals surface area contributed by atoms with Gasteiger partial charge in [0.05, 0.1) is 16.6 Å². The highest BCUT2D eigenvalue weighted by Gasteiger charge is 2.07. The Morgan fingerprint density at radius 3 is 2.90 bits per heavy atom. The van der Waals surface area contributed by atoms with Crippen molar-refractivity contribution < 1.29 is 4.74 Å². The molecule has 2 bridgehead atoms. The monoisotopic (exact) mass is 397 g/mol. The number of thiocarbonyl (C=S) groups is 1. The van der Waals surface area contributed by atoms with Crippen LogP contribution >= 0.6 is 12.2 Å². The van der Waals surface area contributed by atoms with E-state index in [9.17, 15) is 0 Å². The number of aliphatic imine (C=N–C) groups is 1. The number of benzene rings is 2. The van der Waals surface area contributed by atoms with Crippen LogP contribution in [0.1, 0.15) is 5.69 Å². The number of para-hydroxylation sites is 1. The second-order valence-corrected chi connectivity index (χ2v) is 6.79. The van der Waals surface area contributed by atoms with Gasteiger partial charge >= 0.3 is 0 Å². The summed E-state index contributed by atoms with van der Waals surface area (Å²) in [5.74, 6) is 1.28. The zero-order valence-corrected chi connectivity index (χ0v) is 16.1. The van der Waals surface area contributed by atoms with Gasteiger partial charge in [-0.1, -0.05) is 30.4 Å². The minimum absolute atomic E-state index is 0.302. The van der Waals surface area contributed by atoms with Crippen molar-refractivity contribution >= 4 is 46.3 Å². The molecule has 5 rings (SSSR count). The van der Waals surface area contributed by atoms with Gasteiger partial charge in [-0.2, -0.15) is 0 Å². The Hall–Kier alpha value is -3.71. The topological polar surface area (TPSA) is 64.7 Å². The number of aromatic nitrogens is 3. The molecule has 0 unspecified atom stereocenters. The van der Waals surface area contributed by atoms with E-state index in [-0.39, 0.29) is 0 Å². The van der Waals surface area contributed by atoms with Crippen molar-refractivity contribution in [1.82, 2.24) is 14.5 Å². The molecule has 3 heterocycles. The molecule has 0 saturated heterocycles. The van der Waals surface area contributed by atoms with Gasteiger partial charge in [-0.25, -0.2) is 20.0 Å². The summed E-state index contributed by atoms with van der Waals surface area (Å²) in [5.41, 5.74) is 1.63. The number of hydrogen-bond donors (Lipinski definition) is 0. The third-order valence-corrected chi connectivity index (χ3v) is 4.87.